The van der Waals surface area contributed by atoms with Crippen LogP contribution in [-0.4, -0.2) is 53.8 Å². The molecule has 0 heterocycles. The number of nitrogens with one attached hydrogen (secondary N) is 1. The molecule has 0 saturated heterocycles. The molecule has 0 aromatic heterocycles. The molecule has 0 unspecified atom stereocenters. The molecule has 0 aliphatic heterocycles. The minimum Gasteiger partial charge on any atom is -0.495 e. The van der Waals surface area contributed by atoms with E-state index in [1.165, 1.54) is 0 Å². The summed E-state index contributed by atoms with van der Waals surface area (Å²) in [5.74, 6) is 0.816. The Morgan fingerprint density at radius 1 is 1.00 bits per heavy atom. The van der Waals surface area contributed by atoms with Gasteiger partial charge in [-0.3, -0.25) is 0 Å². The summed E-state index contributed by atoms with van der Waals surface area (Å²) in [6.07, 6.45) is 0. The molecule has 1 N–H and O–H groups in total. The Hall–Kier alpha value is -0.820. The van der Waals surface area contributed by atoms with Crippen LogP contribution in [0.1, 0.15) is 0 Å². The zero-order valence-electron chi connectivity index (χ0n) is 12.0. The van der Waals surface area contributed by atoms with Crippen LogP contribution in [-0.2, 0) is 14.2 Å². The smallest absolute Gasteiger partial charge is 0.142 e. The lowest BCUT2D eigenvalue weighted by Crippen LogP contribution is -2.14. The molecule has 1 aromatic rings. The Morgan fingerprint density at radius 2 is 1.70 bits per heavy atom. The molecule has 0 atom stereocenters. The van der Waals surface area contributed by atoms with Crippen molar-refractivity contribution in [1.82, 2.24) is 0 Å². The Bertz CT molecular complexity index is 376. The molecule has 5 nitrogen and oxygen atoms in total. The van der Waals surface area contributed by atoms with Gasteiger partial charge < -0.3 is 24.3 Å². The van der Waals surface area contributed by atoms with Crippen LogP contribution < -0.4 is 10.1 Å². The SMILES string of the molecule is COCCOCCOCCNc1cc(Br)ccc1OC. The standard InChI is InChI=1S/C14H22BrNO4/c1-17-7-8-20-10-9-19-6-5-16-13-11-12(15)3-4-14(13)18-2/h3-4,11,16H,5-10H2,1-2H3. The average Bonchev–Trinajstić information content (AvgIpc) is 2.46. The fourth-order valence-electron chi connectivity index (χ4n) is 1.54. The maximum absolute atomic E-state index is 5.46. The van der Waals surface area contributed by atoms with Crippen molar-refractivity contribution in [2.45, 2.75) is 0 Å². The lowest BCUT2D eigenvalue weighted by atomic mass is 10.3. The zero-order chi connectivity index (χ0) is 14.6. The minimum absolute atomic E-state index is 0.584. The third kappa shape index (κ3) is 7.09. The maximum atomic E-state index is 5.46. The van der Waals surface area contributed by atoms with Gasteiger partial charge in [0.05, 0.1) is 45.8 Å². The van der Waals surface area contributed by atoms with Crippen LogP contribution in [0, 0.1) is 0 Å². The van der Waals surface area contributed by atoms with Gasteiger partial charge in [0.1, 0.15) is 5.75 Å². The second-order valence-corrected chi connectivity index (χ2v) is 4.90. The van der Waals surface area contributed by atoms with E-state index < -0.39 is 0 Å². The first-order valence-electron chi connectivity index (χ1n) is 6.49. The van der Waals surface area contributed by atoms with Crippen molar-refractivity contribution in [2.75, 3.05) is 59.1 Å². The topological polar surface area (TPSA) is 49.0 Å². The van der Waals surface area contributed by atoms with E-state index in [1.807, 2.05) is 18.2 Å². The maximum Gasteiger partial charge on any atom is 0.142 e. The van der Waals surface area contributed by atoms with E-state index in [2.05, 4.69) is 21.2 Å². The van der Waals surface area contributed by atoms with E-state index in [1.54, 1.807) is 14.2 Å². The Labute approximate surface area is 128 Å². The van der Waals surface area contributed by atoms with Crippen molar-refractivity contribution < 1.29 is 18.9 Å². The van der Waals surface area contributed by atoms with Crippen LogP contribution in [0.2, 0.25) is 0 Å². The average molecular weight is 348 g/mol. The number of anilines is 1. The van der Waals surface area contributed by atoms with Crippen LogP contribution in [0.3, 0.4) is 0 Å². The fourth-order valence-corrected chi connectivity index (χ4v) is 1.90. The summed E-state index contributed by atoms with van der Waals surface area (Å²) in [5.41, 5.74) is 0.946. The first kappa shape index (κ1) is 17.2. The molecular weight excluding hydrogens is 326 g/mol. The van der Waals surface area contributed by atoms with Crippen molar-refractivity contribution in [2.24, 2.45) is 0 Å². The number of hydrogen-bond acceptors (Lipinski definition) is 5. The van der Waals surface area contributed by atoms with Crippen molar-refractivity contribution in [3.05, 3.63) is 22.7 Å². The molecule has 0 aliphatic carbocycles. The Balaban J connectivity index is 2.10. The predicted molar refractivity (Wildman–Crippen MR) is 82.7 cm³/mol. The molecule has 0 aliphatic rings. The van der Waals surface area contributed by atoms with Gasteiger partial charge in [0.25, 0.3) is 0 Å². The highest BCUT2D eigenvalue weighted by atomic mass is 79.9. The lowest BCUT2D eigenvalue weighted by Gasteiger charge is -2.12. The summed E-state index contributed by atoms with van der Waals surface area (Å²) in [6.45, 7) is 3.72. The van der Waals surface area contributed by atoms with Crippen molar-refractivity contribution >= 4 is 21.6 Å². The quantitative estimate of drug-likeness (QED) is 0.623. The molecule has 0 radical (unpaired) electrons. The third-order valence-corrected chi connectivity index (χ3v) is 3.02. The van der Waals surface area contributed by atoms with E-state index in [0.29, 0.717) is 39.6 Å². The molecule has 20 heavy (non-hydrogen) atoms. The summed E-state index contributed by atoms with van der Waals surface area (Å²) in [5, 5.41) is 3.28. The lowest BCUT2D eigenvalue weighted by molar-refractivity contribution is 0.0272. The summed E-state index contributed by atoms with van der Waals surface area (Å²) in [7, 11) is 3.31. The highest BCUT2D eigenvalue weighted by Gasteiger charge is 2.02. The summed E-state index contributed by atoms with van der Waals surface area (Å²) in [4.78, 5) is 0. The number of methoxy groups -OCH3 is 2. The molecule has 6 heteroatoms. The monoisotopic (exact) mass is 347 g/mol. The Kier molecular flexibility index (Phi) is 9.40. The normalized spacial score (nSPS) is 10.6. The molecular formula is C14H22BrNO4. The number of ether oxygens (including phenoxy) is 4. The number of benzene rings is 1. The molecule has 1 aromatic carbocycles. The van der Waals surface area contributed by atoms with Gasteiger partial charge in [-0.1, -0.05) is 15.9 Å². The van der Waals surface area contributed by atoms with Crippen LogP contribution >= 0.6 is 15.9 Å². The molecule has 0 spiro atoms. The summed E-state index contributed by atoms with van der Waals surface area (Å²) >= 11 is 3.44. The molecule has 0 amide bonds. The summed E-state index contributed by atoms with van der Waals surface area (Å²) < 4.78 is 21.9. The molecule has 114 valence electrons. The molecule has 0 saturated carbocycles. The molecule has 1 rings (SSSR count). The van der Waals surface area contributed by atoms with Gasteiger partial charge in [0.2, 0.25) is 0 Å². The van der Waals surface area contributed by atoms with Gasteiger partial charge in [-0.15, -0.1) is 0 Å². The number of hydrogen-bond donors (Lipinski definition) is 1. The highest BCUT2D eigenvalue weighted by molar-refractivity contribution is 9.10. The van der Waals surface area contributed by atoms with Crippen molar-refractivity contribution in [3.8, 4) is 5.75 Å². The molecule has 0 bridgehead atoms. The van der Waals surface area contributed by atoms with E-state index >= 15 is 0 Å². The van der Waals surface area contributed by atoms with Crippen molar-refractivity contribution in [1.29, 1.82) is 0 Å². The minimum atomic E-state index is 0.584. The number of rotatable bonds is 11. The van der Waals surface area contributed by atoms with Gasteiger partial charge in [0, 0.05) is 18.1 Å². The highest BCUT2D eigenvalue weighted by Crippen LogP contribution is 2.27. The van der Waals surface area contributed by atoms with Gasteiger partial charge in [-0.2, -0.15) is 0 Å². The number of halogens is 1. The molecule has 0 fully saturated rings. The first-order chi connectivity index (χ1) is 9.77. The second-order valence-electron chi connectivity index (χ2n) is 3.99. The third-order valence-electron chi connectivity index (χ3n) is 2.53. The predicted octanol–water partition coefficient (Wildman–Crippen LogP) is 2.55. The van der Waals surface area contributed by atoms with E-state index in [4.69, 9.17) is 18.9 Å². The zero-order valence-corrected chi connectivity index (χ0v) is 13.6. The van der Waals surface area contributed by atoms with Gasteiger partial charge in [-0.25, -0.2) is 0 Å². The summed E-state index contributed by atoms with van der Waals surface area (Å²) in [6, 6.07) is 5.83. The van der Waals surface area contributed by atoms with Crippen LogP contribution in [0.4, 0.5) is 5.69 Å². The van der Waals surface area contributed by atoms with E-state index in [9.17, 15) is 0 Å². The van der Waals surface area contributed by atoms with E-state index in [0.717, 1.165) is 15.9 Å². The van der Waals surface area contributed by atoms with Crippen LogP contribution in [0.25, 0.3) is 0 Å². The Morgan fingerprint density at radius 3 is 2.40 bits per heavy atom. The van der Waals surface area contributed by atoms with Gasteiger partial charge in [0.15, 0.2) is 0 Å². The van der Waals surface area contributed by atoms with Crippen LogP contribution in [0.5, 0.6) is 5.75 Å². The largest absolute Gasteiger partial charge is 0.495 e. The van der Waals surface area contributed by atoms with Gasteiger partial charge >= 0.3 is 0 Å². The van der Waals surface area contributed by atoms with E-state index in [-0.39, 0.29) is 0 Å². The fraction of sp³-hybridized carbons (Fsp3) is 0.571. The first-order valence-corrected chi connectivity index (χ1v) is 7.29. The van der Waals surface area contributed by atoms with Crippen molar-refractivity contribution in [3.63, 3.8) is 0 Å². The van der Waals surface area contributed by atoms with Crippen LogP contribution in [0.15, 0.2) is 22.7 Å². The van der Waals surface area contributed by atoms with Gasteiger partial charge in [-0.05, 0) is 18.2 Å². The second kappa shape index (κ2) is 10.9.